The number of carboxylic acids is 1. The van der Waals surface area contributed by atoms with Gasteiger partial charge in [-0.05, 0) is 19.4 Å². The SMILES string of the molecule is N=C(CP(=O)(O)O)[C@H]1CCCN[C@@H]1C(=O)O. The van der Waals surface area contributed by atoms with E-state index in [2.05, 4.69) is 5.32 Å². The largest absolute Gasteiger partial charge is 0.480 e. The summed E-state index contributed by atoms with van der Waals surface area (Å²) in [4.78, 5) is 28.4. The fourth-order valence-corrected chi connectivity index (χ4v) is 2.54. The third-order valence-corrected chi connectivity index (χ3v) is 3.30. The predicted octanol–water partition coefficient (Wildman–Crippen LogP) is -0.363. The highest BCUT2D eigenvalue weighted by molar-refractivity contribution is 7.52. The molecule has 1 heterocycles. The molecular formula is C8H15N2O5P. The van der Waals surface area contributed by atoms with Crippen LogP contribution in [0.1, 0.15) is 12.8 Å². The standard InChI is InChI=1S/C8H15N2O5P/c9-6(4-16(13,14)15)5-2-1-3-10-7(5)8(11)12/h5,7,9-10H,1-4H2,(H,11,12)(H2,13,14,15)/t5-,7+/m1/s1. The summed E-state index contributed by atoms with van der Waals surface area (Å²) in [5.41, 5.74) is -0.187. The van der Waals surface area contributed by atoms with E-state index in [9.17, 15) is 9.36 Å². The zero-order valence-corrected chi connectivity index (χ0v) is 9.48. The van der Waals surface area contributed by atoms with Crippen molar-refractivity contribution in [2.75, 3.05) is 12.7 Å². The Bertz CT molecular complexity index is 339. The Morgan fingerprint density at radius 1 is 1.50 bits per heavy atom. The highest BCUT2D eigenvalue weighted by atomic mass is 31.2. The van der Waals surface area contributed by atoms with Crippen molar-refractivity contribution in [3.05, 3.63) is 0 Å². The van der Waals surface area contributed by atoms with Crippen LogP contribution in [0.2, 0.25) is 0 Å². The molecule has 2 atom stereocenters. The van der Waals surface area contributed by atoms with Gasteiger partial charge in [0.15, 0.2) is 0 Å². The Morgan fingerprint density at radius 3 is 2.62 bits per heavy atom. The molecule has 0 saturated carbocycles. The molecule has 0 spiro atoms. The molecule has 1 aliphatic heterocycles. The summed E-state index contributed by atoms with van der Waals surface area (Å²) in [7, 11) is -4.29. The Morgan fingerprint density at radius 2 is 2.12 bits per heavy atom. The topological polar surface area (TPSA) is 131 Å². The predicted molar refractivity (Wildman–Crippen MR) is 56.8 cm³/mol. The van der Waals surface area contributed by atoms with Gasteiger partial charge in [-0.15, -0.1) is 0 Å². The van der Waals surface area contributed by atoms with Crippen LogP contribution in [0.15, 0.2) is 0 Å². The first-order valence-corrected chi connectivity index (χ1v) is 6.69. The molecule has 0 unspecified atom stereocenters. The zero-order chi connectivity index (χ0) is 12.3. The molecule has 0 aliphatic carbocycles. The molecule has 0 radical (unpaired) electrons. The van der Waals surface area contributed by atoms with Crippen molar-refractivity contribution in [1.82, 2.24) is 5.32 Å². The minimum atomic E-state index is -4.29. The summed E-state index contributed by atoms with van der Waals surface area (Å²) < 4.78 is 10.7. The van der Waals surface area contributed by atoms with E-state index in [1.54, 1.807) is 0 Å². The van der Waals surface area contributed by atoms with Crippen LogP contribution < -0.4 is 5.32 Å². The smallest absolute Gasteiger partial charge is 0.331 e. The van der Waals surface area contributed by atoms with Crippen molar-refractivity contribution in [3.8, 4) is 0 Å². The minimum absolute atomic E-state index is 0.187. The first kappa shape index (κ1) is 13.3. The van der Waals surface area contributed by atoms with Crippen LogP contribution >= 0.6 is 7.60 Å². The maximum Gasteiger partial charge on any atom is 0.331 e. The van der Waals surface area contributed by atoms with E-state index in [1.807, 2.05) is 0 Å². The third kappa shape index (κ3) is 3.68. The van der Waals surface area contributed by atoms with Crippen LogP contribution in [0.3, 0.4) is 0 Å². The number of rotatable bonds is 4. The summed E-state index contributed by atoms with van der Waals surface area (Å²) in [5.74, 6) is -1.71. The molecule has 0 aromatic carbocycles. The molecule has 0 bridgehead atoms. The van der Waals surface area contributed by atoms with Crippen molar-refractivity contribution < 1.29 is 24.3 Å². The van der Waals surface area contributed by atoms with E-state index < -0.39 is 31.7 Å². The van der Waals surface area contributed by atoms with Gasteiger partial charge >= 0.3 is 13.6 Å². The number of carboxylic acid groups (broad SMARTS) is 1. The fraction of sp³-hybridized carbons (Fsp3) is 0.750. The van der Waals surface area contributed by atoms with Crippen LogP contribution in [-0.2, 0) is 9.36 Å². The van der Waals surface area contributed by atoms with Gasteiger partial charge in [0.1, 0.15) is 6.04 Å². The normalized spacial score (nSPS) is 26.4. The lowest BCUT2D eigenvalue weighted by atomic mass is 9.87. The molecule has 7 nitrogen and oxygen atoms in total. The molecule has 8 heteroatoms. The molecule has 16 heavy (non-hydrogen) atoms. The molecule has 1 saturated heterocycles. The average Bonchev–Trinajstić information content (AvgIpc) is 2.15. The Balaban J connectivity index is 2.72. The van der Waals surface area contributed by atoms with Crippen molar-refractivity contribution in [1.29, 1.82) is 5.41 Å². The van der Waals surface area contributed by atoms with Gasteiger partial charge in [0.2, 0.25) is 0 Å². The lowest BCUT2D eigenvalue weighted by Gasteiger charge is -2.30. The summed E-state index contributed by atoms with van der Waals surface area (Å²) in [6, 6.07) is -0.909. The number of hydrogen-bond acceptors (Lipinski definition) is 4. The third-order valence-electron chi connectivity index (χ3n) is 2.55. The highest BCUT2D eigenvalue weighted by Crippen LogP contribution is 2.36. The summed E-state index contributed by atoms with van der Waals surface area (Å²) >= 11 is 0. The van der Waals surface area contributed by atoms with Gasteiger partial charge < -0.3 is 25.6 Å². The second kappa shape index (κ2) is 5.05. The molecule has 1 rings (SSSR count). The van der Waals surface area contributed by atoms with Crippen LogP contribution in [0.4, 0.5) is 0 Å². The Labute approximate surface area is 92.5 Å². The minimum Gasteiger partial charge on any atom is -0.480 e. The number of nitrogens with one attached hydrogen (secondary N) is 2. The van der Waals surface area contributed by atoms with E-state index in [0.717, 1.165) is 0 Å². The molecule has 92 valence electrons. The van der Waals surface area contributed by atoms with Gasteiger partial charge in [0.25, 0.3) is 0 Å². The van der Waals surface area contributed by atoms with Crippen LogP contribution in [-0.4, -0.2) is 45.3 Å². The average molecular weight is 250 g/mol. The molecular weight excluding hydrogens is 235 g/mol. The van der Waals surface area contributed by atoms with Gasteiger partial charge in [0.05, 0.1) is 6.16 Å². The number of aliphatic carboxylic acids is 1. The van der Waals surface area contributed by atoms with Crippen LogP contribution in [0.5, 0.6) is 0 Å². The second-order valence-electron chi connectivity index (χ2n) is 3.87. The van der Waals surface area contributed by atoms with Gasteiger partial charge in [-0.1, -0.05) is 0 Å². The van der Waals surface area contributed by atoms with Gasteiger partial charge in [-0.3, -0.25) is 9.36 Å². The van der Waals surface area contributed by atoms with E-state index in [-0.39, 0.29) is 5.71 Å². The number of hydrogen-bond donors (Lipinski definition) is 5. The Kier molecular flexibility index (Phi) is 4.21. The van der Waals surface area contributed by atoms with Crippen molar-refractivity contribution in [2.24, 2.45) is 5.92 Å². The lowest BCUT2D eigenvalue weighted by molar-refractivity contribution is -0.140. The van der Waals surface area contributed by atoms with E-state index in [4.69, 9.17) is 20.3 Å². The maximum absolute atomic E-state index is 10.9. The quantitative estimate of drug-likeness (QED) is 0.342. The molecule has 0 aromatic rings. The van der Waals surface area contributed by atoms with E-state index in [0.29, 0.717) is 19.4 Å². The second-order valence-corrected chi connectivity index (χ2v) is 5.51. The van der Waals surface area contributed by atoms with E-state index in [1.165, 1.54) is 0 Å². The van der Waals surface area contributed by atoms with Gasteiger partial charge in [-0.2, -0.15) is 0 Å². The van der Waals surface area contributed by atoms with Gasteiger partial charge in [-0.25, -0.2) is 0 Å². The first-order chi connectivity index (χ1) is 7.31. The monoisotopic (exact) mass is 250 g/mol. The van der Waals surface area contributed by atoms with Crippen molar-refractivity contribution in [3.63, 3.8) is 0 Å². The van der Waals surface area contributed by atoms with E-state index >= 15 is 0 Å². The summed E-state index contributed by atoms with van der Waals surface area (Å²) in [5, 5.41) is 19.2. The highest BCUT2D eigenvalue weighted by Gasteiger charge is 2.35. The first-order valence-electron chi connectivity index (χ1n) is 4.89. The van der Waals surface area contributed by atoms with Crippen molar-refractivity contribution >= 4 is 19.3 Å². The molecule has 5 N–H and O–H groups in total. The van der Waals surface area contributed by atoms with Crippen LogP contribution in [0.25, 0.3) is 0 Å². The summed E-state index contributed by atoms with van der Waals surface area (Å²) in [6.45, 7) is 0.552. The lowest BCUT2D eigenvalue weighted by Crippen LogP contribution is -2.50. The summed E-state index contributed by atoms with van der Waals surface area (Å²) in [6.07, 6.45) is 0.518. The van der Waals surface area contributed by atoms with Crippen molar-refractivity contribution in [2.45, 2.75) is 18.9 Å². The molecule has 1 fully saturated rings. The zero-order valence-electron chi connectivity index (χ0n) is 8.59. The number of carbonyl (C=O) groups is 1. The molecule has 0 amide bonds. The molecule has 0 aromatic heterocycles. The van der Waals surface area contributed by atoms with Crippen LogP contribution in [0, 0.1) is 11.3 Å². The Hall–Kier alpha value is -0.750. The van der Waals surface area contributed by atoms with Gasteiger partial charge in [0, 0.05) is 11.6 Å². The molecule has 1 aliphatic rings. The number of piperidine rings is 1. The fourth-order valence-electron chi connectivity index (χ4n) is 1.86. The maximum atomic E-state index is 10.9.